The molecule has 0 saturated carbocycles. The highest BCUT2D eigenvalue weighted by atomic mass is 32.2. The Labute approximate surface area is 179 Å². The van der Waals surface area contributed by atoms with Crippen molar-refractivity contribution in [2.45, 2.75) is 12.8 Å². The number of carbonyl (C=O) groups excluding carboxylic acids is 1. The van der Waals surface area contributed by atoms with E-state index in [-0.39, 0.29) is 31.0 Å². The predicted molar refractivity (Wildman–Crippen MR) is 120 cm³/mol. The molecule has 0 unspecified atom stereocenters. The average Bonchev–Trinajstić information content (AvgIpc) is 3.08. The number of nitrogens with zero attached hydrogens (tertiary/aromatic N) is 1. The largest absolute Gasteiger partial charge is 0.456 e. The number of para-hydroxylation sites is 1. The van der Waals surface area contributed by atoms with Crippen LogP contribution in [0.3, 0.4) is 0 Å². The minimum absolute atomic E-state index is 0.0678. The van der Waals surface area contributed by atoms with Crippen molar-refractivity contribution in [3.63, 3.8) is 0 Å². The summed E-state index contributed by atoms with van der Waals surface area (Å²) in [4.78, 5) is 12.4. The molecule has 160 valence electrons. The third-order valence-electron chi connectivity index (χ3n) is 4.92. The van der Waals surface area contributed by atoms with Crippen molar-refractivity contribution >= 4 is 49.2 Å². The zero-order valence-electron chi connectivity index (χ0n) is 16.8. The normalized spacial score (nSPS) is 11.7. The minimum atomic E-state index is -3.61. The van der Waals surface area contributed by atoms with E-state index in [9.17, 15) is 17.6 Å². The number of fused-ring (bicyclic) bond motifs is 3. The van der Waals surface area contributed by atoms with E-state index in [0.29, 0.717) is 11.3 Å². The van der Waals surface area contributed by atoms with Crippen LogP contribution in [0.25, 0.3) is 21.9 Å². The fourth-order valence-corrected chi connectivity index (χ4v) is 4.49. The number of hydrogen-bond donors (Lipinski definition) is 1. The molecule has 4 aromatic rings. The second-order valence-corrected chi connectivity index (χ2v) is 9.18. The standard InChI is InChI=1S/C23H21FN2O4S/c1-31(28,29)26(18-7-4-6-16(24)14-18)13-5-10-23(27)25-17-11-12-20-19-8-2-3-9-21(19)30-22(20)15-17/h2-4,6-9,11-12,14-15H,5,10,13H2,1H3,(H,25,27). The van der Waals surface area contributed by atoms with Crippen LogP contribution >= 0.6 is 0 Å². The van der Waals surface area contributed by atoms with Gasteiger partial charge in [0, 0.05) is 35.5 Å². The molecular formula is C23H21FN2O4S. The van der Waals surface area contributed by atoms with Gasteiger partial charge in [0.1, 0.15) is 17.0 Å². The second kappa shape index (κ2) is 8.39. The molecule has 3 aromatic carbocycles. The van der Waals surface area contributed by atoms with E-state index in [1.54, 1.807) is 12.1 Å². The van der Waals surface area contributed by atoms with Gasteiger partial charge < -0.3 is 9.73 Å². The van der Waals surface area contributed by atoms with Crippen LogP contribution in [0.5, 0.6) is 0 Å². The molecule has 0 radical (unpaired) electrons. The highest BCUT2D eigenvalue weighted by Gasteiger charge is 2.18. The molecule has 0 fully saturated rings. The summed E-state index contributed by atoms with van der Waals surface area (Å²) in [6, 6.07) is 18.5. The maximum Gasteiger partial charge on any atom is 0.232 e. The van der Waals surface area contributed by atoms with Crippen LogP contribution in [-0.2, 0) is 14.8 Å². The Balaban J connectivity index is 1.41. The Morgan fingerprint density at radius 3 is 2.55 bits per heavy atom. The quantitative estimate of drug-likeness (QED) is 0.443. The van der Waals surface area contributed by atoms with Crippen molar-refractivity contribution in [1.29, 1.82) is 0 Å². The second-order valence-electron chi connectivity index (χ2n) is 7.28. The molecule has 1 amide bonds. The van der Waals surface area contributed by atoms with Crippen molar-refractivity contribution in [2.24, 2.45) is 0 Å². The van der Waals surface area contributed by atoms with Gasteiger partial charge in [0.25, 0.3) is 0 Å². The molecule has 1 N–H and O–H groups in total. The summed E-state index contributed by atoms with van der Waals surface area (Å²) < 4.78 is 44.6. The van der Waals surface area contributed by atoms with Crippen LogP contribution in [0.1, 0.15) is 12.8 Å². The molecule has 0 bridgehead atoms. The number of amides is 1. The summed E-state index contributed by atoms with van der Waals surface area (Å²) in [5.74, 6) is -0.770. The van der Waals surface area contributed by atoms with Gasteiger partial charge in [-0.15, -0.1) is 0 Å². The van der Waals surface area contributed by atoms with Gasteiger partial charge in [-0.2, -0.15) is 0 Å². The average molecular weight is 440 g/mol. The maximum absolute atomic E-state index is 13.5. The van der Waals surface area contributed by atoms with Gasteiger partial charge in [-0.1, -0.05) is 24.3 Å². The molecule has 0 aliphatic rings. The first kappa shape index (κ1) is 20.9. The lowest BCUT2D eigenvalue weighted by molar-refractivity contribution is -0.116. The lowest BCUT2D eigenvalue weighted by Gasteiger charge is -2.22. The Hall–Kier alpha value is -3.39. The van der Waals surface area contributed by atoms with E-state index in [2.05, 4.69) is 5.32 Å². The van der Waals surface area contributed by atoms with Crippen LogP contribution in [0, 0.1) is 5.82 Å². The zero-order valence-corrected chi connectivity index (χ0v) is 17.7. The number of anilines is 2. The number of nitrogens with one attached hydrogen (secondary N) is 1. The highest BCUT2D eigenvalue weighted by Crippen LogP contribution is 2.30. The van der Waals surface area contributed by atoms with Gasteiger partial charge in [-0.25, -0.2) is 12.8 Å². The van der Waals surface area contributed by atoms with E-state index < -0.39 is 15.8 Å². The third kappa shape index (κ3) is 4.69. The van der Waals surface area contributed by atoms with Crippen molar-refractivity contribution in [1.82, 2.24) is 0 Å². The van der Waals surface area contributed by atoms with Crippen molar-refractivity contribution in [3.8, 4) is 0 Å². The van der Waals surface area contributed by atoms with Crippen LogP contribution in [0.15, 0.2) is 71.1 Å². The summed E-state index contributed by atoms with van der Waals surface area (Å²) in [5.41, 5.74) is 2.28. The van der Waals surface area contributed by atoms with Crippen LogP contribution in [-0.4, -0.2) is 27.1 Å². The highest BCUT2D eigenvalue weighted by molar-refractivity contribution is 7.92. The lowest BCUT2D eigenvalue weighted by Crippen LogP contribution is -2.31. The first-order valence-electron chi connectivity index (χ1n) is 9.76. The number of halogens is 1. The summed E-state index contributed by atoms with van der Waals surface area (Å²) in [7, 11) is -3.61. The van der Waals surface area contributed by atoms with E-state index in [1.165, 1.54) is 18.2 Å². The van der Waals surface area contributed by atoms with Crippen LogP contribution < -0.4 is 9.62 Å². The monoisotopic (exact) mass is 440 g/mol. The molecular weight excluding hydrogens is 419 g/mol. The summed E-state index contributed by atoms with van der Waals surface area (Å²) in [5, 5.41) is 4.79. The minimum Gasteiger partial charge on any atom is -0.456 e. The third-order valence-corrected chi connectivity index (χ3v) is 6.12. The van der Waals surface area contributed by atoms with Crippen molar-refractivity contribution in [3.05, 3.63) is 72.5 Å². The topological polar surface area (TPSA) is 79.6 Å². The number of rotatable bonds is 7. The Bertz CT molecular complexity index is 1360. The first-order chi connectivity index (χ1) is 14.8. The maximum atomic E-state index is 13.5. The molecule has 1 heterocycles. The molecule has 0 aliphatic heterocycles. The molecule has 0 saturated heterocycles. The predicted octanol–water partition coefficient (Wildman–Crippen LogP) is 4.91. The fraction of sp³-hybridized carbons (Fsp3) is 0.174. The van der Waals surface area contributed by atoms with E-state index in [1.807, 2.05) is 30.3 Å². The first-order valence-corrected chi connectivity index (χ1v) is 11.6. The summed E-state index contributed by atoms with van der Waals surface area (Å²) >= 11 is 0. The van der Waals surface area contributed by atoms with E-state index >= 15 is 0 Å². The number of hydrogen-bond acceptors (Lipinski definition) is 4. The Morgan fingerprint density at radius 1 is 1.00 bits per heavy atom. The summed E-state index contributed by atoms with van der Waals surface area (Å²) in [6.07, 6.45) is 1.45. The molecule has 4 rings (SSSR count). The zero-order chi connectivity index (χ0) is 22.0. The van der Waals surface area contributed by atoms with Crippen LogP contribution in [0.2, 0.25) is 0 Å². The molecule has 8 heteroatoms. The van der Waals surface area contributed by atoms with Gasteiger partial charge in [0.15, 0.2) is 0 Å². The lowest BCUT2D eigenvalue weighted by atomic mass is 10.1. The molecule has 0 aliphatic carbocycles. The Morgan fingerprint density at radius 2 is 1.77 bits per heavy atom. The fourth-order valence-electron chi connectivity index (χ4n) is 3.53. The SMILES string of the molecule is CS(=O)(=O)N(CCCC(=O)Nc1ccc2c(c1)oc1ccccc12)c1cccc(F)c1. The molecule has 6 nitrogen and oxygen atoms in total. The van der Waals surface area contributed by atoms with Gasteiger partial charge in [-0.05, 0) is 42.8 Å². The molecule has 0 atom stereocenters. The van der Waals surface area contributed by atoms with Gasteiger partial charge in [0.2, 0.25) is 15.9 Å². The smallest absolute Gasteiger partial charge is 0.232 e. The number of benzene rings is 3. The summed E-state index contributed by atoms with van der Waals surface area (Å²) in [6.45, 7) is 0.0678. The number of sulfonamides is 1. The Kier molecular flexibility index (Phi) is 5.65. The van der Waals surface area contributed by atoms with Gasteiger partial charge >= 0.3 is 0 Å². The number of carbonyl (C=O) groups is 1. The number of furan rings is 1. The van der Waals surface area contributed by atoms with E-state index in [0.717, 1.165) is 33.0 Å². The van der Waals surface area contributed by atoms with Gasteiger partial charge in [0.05, 0.1) is 11.9 Å². The van der Waals surface area contributed by atoms with Crippen LogP contribution in [0.4, 0.5) is 15.8 Å². The molecule has 1 aromatic heterocycles. The molecule has 31 heavy (non-hydrogen) atoms. The van der Waals surface area contributed by atoms with Gasteiger partial charge in [-0.3, -0.25) is 9.10 Å². The molecule has 0 spiro atoms. The van der Waals surface area contributed by atoms with Crippen molar-refractivity contribution in [2.75, 3.05) is 22.4 Å². The van der Waals surface area contributed by atoms with Crippen molar-refractivity contribution < 1.29 is 22.0 Å². The van der Waals surface area contributed by atoms with E-state index in [4.69, 9.17) is 4.42 Å².